The predicted molar refractivity (Wildman–Crippen MR) is 146 cm³/mol. The third-order valence-corrected chi connectivity index (χ3v) is 9.35. The van der Waals surface area contributed by atoms with Gasteiger partial charge in [0.25, 0.3) is 0 Å². The fourth-order valence-electron chi connectivity index (χ4n) is 5.01. The fourth-order valence-corrected chi connectivity index (χ4v) is 7.78. The first kappa shape index (κ1) is 25.1. The number of benzene rings is 3. The van der Waals surface area contributed by atoms with Gasteiger partial charge < -0.3 is 10.4 Å². The second-order valence-electron chi connectivity index (χ2n) is 9.16. The molecule has 0 aliphatic carbocycles. The first-order valence-electron chi connectivity index (χ1n) is 12.0. The van der Waals surface area contributed by atoms with Crippen LogP contribution in [0.2, 0.25) is 0 Å². The van der Waals surface area contributed by atoms with Crippen molar-refractivity contribution < 1.29 is 23.9 Å². The van der Waals surface area contributed by atoms with E-state index in [1.54, 1.807) is 42.5 Å². The standard InChI is InChI=1S/C28H20FN3O5S2/c29-16-8-6-15(7-9-16)21-22-23(26(36)32(25(22)35)18-4-2-1-3-5-18)38-27-24(21)39-28(37)31(27)14-20(34)30-17-10-12-19(33)13-11-17/h1-13,21-23,33H,14H2,(H,30,34). The van der Waals surface area contributed by atoms with Crippen LogP contribution in [0, 0.1) is 11.7 Å². The van der Waals surface area contributed by atoms with Gasteiger partial charge in [-0.15, -0.1) is 0 Å². The summed E-state index contributed by atoms with van der Waals surface area (Å²) in [6.07, 6.45) is 0. The maximum atomic E-state index is 13.8. The number of carbonyl (C=O) groups excluding carboxylic acids is 3. The number of nitrogens with zero attached hydrogens (tertiary/aromatic N) is 2. The molecule has 0 radical (unpaired) electrons. The lowest BCUT2D eigenvalue weighted by molar-refractivity contribution is -0.122. The molecule has 6 rings (SSSR count). The summed E-state index contributed by atoms with van der Waals surface area (Å²) in [5.74, 6) is -3.14. The van der Waals surface area contributed by atoms with Gasteiger partial charge in [-0.25, -0.2) is 9.29 Å². The van der Waals surface area contributed by atoms with Crippen LogP contribution in [0.15, 0.2) is 88.7 Å². The monoisotopic (exact) mass is 561 g/mol. The van der Waals surface area contributed by atoms with Crippen LogP contribution in [-0.4, -0.2) is 32.6 Å². The average molecular weight is 562 g/mol. The molecule has 4 aromatic rings. The summed E-state index contributed by atoms with van der Waals surface area (Å²) < 4.78 is 15.1. The molecule has 11 heteroatoms. The number of thiazole rings is 1. The van der Waals surface area contributed by atoms with Crippen molar-refractivity contribution in [3.63, 3.8) is 0 Å². The molecule has 2 aliphatic heterocycles. The molecule has 196 valence electrons. The number of nitrogens with one attached hydrogen (secondary N) is 1. The second-order valence-corrected chi connectivity index (χ2v) is 11.3. The van der Waals surface area contributed by atoms with Crippen molar-refractivity contribution in [3.05, 3.63) is 105 Å². The molecule has 3 atom stereocenters. The Labute approximate surface area is 229 Å². The van der Waals surface area contributed by atoms with Crippen molar-refractivity contribution in [2.45, 2.75) is 22.7 Å². The van der Waals surface area contributed by atoms with Crippen LogP contribution in [0.5, 0.6) is 5.75 Å². The number of hydrogen-bond donors (Lipinski definition) is 2. The van der Waals surface area contributed by atoms with Crippen LogP contribution in [0.4, 0.5) is 15.8 Å². The molecule has 3 unspecified atom stereocenters. The molecule has 3 amide bonds. The quantitative estimate of drug-likeness (QED) is 0.280. The van der Waals surface area contributed by atoms with Gasteiger partial charge in [-0.05, 0) is 54.1 Å². The van der Waals surface area contributed by atoms with Gasteiger partial charge in [-0.3, -0.25) is 23.7 Å². The highest BCUT2D eigenvalue weighted by molar-refractivity contribution is 8.00. The first-order chi connectivity index (χ1) is 18.8. The average Bonchev–Trinajstić information content (AvgIpc) is 3.37. The predicted octanol–water partition coefficient (Wildman–Crippen LogP) is 4.19. The van der Waals surface area contributed by atoms with Crippen molar-refractivity contribution in [2.24, 2.45) is 5.92 Å². The highest BCUT2D eigenvalue weighted by Crippen LogP contribution is 2.53. The van der Waals surface area contributed by atoms with Gasteiger partial charge in [0, 0.05) is 16.5 Å². The van der Waals surface area contributed by atoms with Gasteiger partial charge in [0.2, 0.25) is 17.7 Å². The van der Waals surface area contributed by atoms with Crippen LogP contribution in [0.3, 0.4) is 0 Å². The van der Waals surface area contributed by atoms with Gasteiger partial charge in [-0.2, -0.15) is 0 Å². The Morgan fingerprint density at radius 3 is 2.31 bits per heavy atom. The first-order valence-corrected chi connectivity index (χ1v) is 13.7. The van der Waals surface area contributed by atoms with E-state index in [0.717, 1.165) is 23.1 Å². The van der Waals surface area contributed by atoms with E-state index in [4.69, 9.17) is 0 Å². The number of anilines is 2. The lowest BCUT2D eigenvalue weighted by Crippen LogP contribution is -2.33. The molecule has 1 fully saturated rings. The molecule has 3 aromatic carbocycles. The van der Waals surface area contributed by atoms with Crippen molar-refractivity contribution in [1.29, 1.82) is 0 Å². The summed E-state index contributed by atoms with van der Waals surface area (Å²) in [7, 11) is 0. The largest absolute Gasteiger partial charge is 0.508 e. The van der Waals surface area contributed by atoms with Crippen LogP contribution in [0.25, 0.3) is 0 Å². The Hall–Kier alpha value is -4.22. The second kappa shape index (κ2) is 9.83. The van der Waals surface area contributed by atoms with Gasteiger partial charge >= 0.3 is 4.87 Å². The number of aromatic nitrogens is 1. The zero-order valence-corrected chi connectivity index (χ0v) is 21.7. The van der Waals surface area contributed by atoms with Gasteiger partial charge in [-0.1, -0.05) is 53.4 Å². The summed E-state index contributed by atoms with van der Waals surface area (Å²) in [6.45, 7) is -0.309. The number of halogens is 1. The Morgan fingerprint density at radius 2 is 1.62 bits per heavy atom. The molecule has 2 aliphatic rings. The number of aromatic hydroxyl groups is 1. The van der Waals surface area contributed by atoms with E-state index < -0.39 is 39.6 Å². The molecule has 2 N–H and O–H groups in total. The summed E-state index contributed by atoms with van der Waals surface area (Å²) >= 11 is 2.03. The van der Waals surface area contributed by atoms with Crippen LogP contribution < -0.4 is 15.1 Å². The van der Waals surface area contributed by atoms with Gasteiger partial charge in [0.15, 0.2) is 0 Å². The summed E-state index contributed by atoms with van der Waals surface area (Å²) in [5, 5.41) is 11.8. The number of hydrogen-bond acceptors (Lipinski definition) is 7. The van der Waals surface area contributed by atoms with Crippen LogP contribution >= 0.6 is 23.1 Å². The number of rotatable bonds is 5. The third-order valence-electron chi connectivity index (χ3n) is 6.75. The van der Waals surface area contributed by atoms with Gasteiger partial charge in [0.05, 0.1) is 16.6 Å². The minimum Gasteiger partial charge on any atom is -0.508 e. The third kappa shape index (κ3) is 4.43. The van der Waals surface area contributed by atoms with Crippen molar-refractivity contribution >= 4 is 52.2 Å². The molecular weight excluding hydrogens is 541 g/mol. The molecular formula is C28H20FN3O5S2. The van der Waals surface area contributed by atoms with E-state index in [1.165, 1.54) is 45.9 Å². The Balaban J connectivity index is 1.40. The van der Waals surface area contributed by atoms with Gasteiger partial charge in [0.1, 0.15) is 23.4 Å². The van der Waals surface area contributed by atoms with Crippen molar-refractivity contribution in [2.75, 3.05) is 10.2 Å². The normalized spacial score (nSPS) is 20.0. The van der Waals surface area contributed by atoms with E-state index in [1.807, 2.05) is 0 Å². The lowest BCUT2D eigenvalue weighted by atomic mass is 9.83. The van der Waals surface area contributed by atoms with Crippen LogP contribution in [0.1, 0.15) is 16.4 Å². The van der Waals surface area contributed by atoms with E-state index in [0.29, 0.717) is 26.8 Å². The number of carbonyl (C=O) groups is 3. The maximum Gasteiger partial charge on any atom is 0.308 e. The Bertz CT molecular complexity index is 1650. The maximum absolute atomic E-state index is 13.8. The van der Waals surface area contributed by atoms with E-state index >= 15 is 0 Å². The highest BCUT2D eigenvalue weighted by atomic mass is 32.2. The molecule has 0 spiro atoms. The minimum atomic E-state index is -0.833. The number of thioether (sulfide) groups is 1. The van der Waals surface area contributed by atoms with E-state index in [9.17, 15) is 28.7 Å². The molecule has 8 nitrogen and oxygen atoms in total. The minimum absolute atomic E-state index is 0.0502. The summed E-state index contributed by atoms with van der Waals surface area (Å²) in [6, 6.07) is 20.3. The summed E-state index contributed by atoms with van der Waals surface area (Å²) in [5.41, 5.74) is 1.50. The molecule has 1 aromatic heterocycles. The zero-order valence-electron chi connectivity index (χ0n) is 20.1. The zero-order chi connectivity index (χ0) is 27.3. The molecule has 1 saturated heterocycles. The molecule has 0 saturated carbocycles. The van der Waals surface area contributed by atoms with Crippen molar-refractivity contribution in [1.82, 2.24) is 4.57 Å². The van der Waals surface area contributed by atoms with Crippen molar-refractivity contribution in [3.8, 4) is 5.75 Å². The Morgan fingerprint density at radius 1 is 0.923 bits per heavy atom. The van der Waals surface area contributed by atoms with E-state index in [2.05, 4.69) is 5.32 Å². The summed E-state index contributed by atoms with van der Waals surface area (Å²) in [4.78, 5) is 54.8. The topological polar surface area (TPSA) is 109 Å². The SMILES string of the molecule is O=C(Cn1c2c(sc1=O)C(c1ccc(F)cc1)C1C(=O)N(c3ccccc3)C(=O)C1S2)Nc1ccc(O)cc1. The van der Waals surface area contributed by atoms with Crippen LogP contribution in [-0.2, 0) is 20.9 Å². The molecule has 0 bridgehead atoms. The molecule has 3 heterocycles. The Kier molecular flexibility index (Phi) is 6.32. The number of fused-ring (bicyclic) bond motifs is 2. The number of phenolic OH excluding ortho intramolecular Hbond substituents is 1. The smallest absolute Gasteiger partial charge is 0.308 e. The van der Waals surface area contributed by atoms with E-state index in [-0.39, 0.29) is 18.2 Å². The number of para-hydroxylation sites is 1. The highest BCUT2D eigenvalue weighted by Gasteiger charge is 2.56. The fraction of sp³-hybridized carbons (Fsp3) is 0.143. The number of imide groups is 1. The number of amides is 3. The lowest BCUT2D eigenvalue weighted by Gasteiger charge is -2.30. The molecule has 39 heavy (non-hydrogen) atoms. The number of phenols is 1.